The molecule has 5 nitrogen and oxygen atoms in total. The van der Waals surface area contributed by atoms with Crippen molar-refractivity contribution in [2.24, 2.45) is 11.1 Å². The Labute approximate surface area is 76.9 Å². The molecule has 3 N–H and O–H groups in total. The van der Waals surface area contributed by atoms with Gasteiger partial charge in [0.25, 0.3) is 0 Å². The molecule has 0 aromatic heterocycles. The third kappa shape index (κ3) is 3.02. The normalized spacial score (nSPS) is 14.9. The van der Waals surface area contributed by atoms with E-state index < -0.39 is 17.3 Å². The van der Waals surface area contributed by atoms with Crippen LogP contribution < -0.4 is 5.73 Å². The summed E-state index contributed by atoms with van der Waals surface area (Å²) in [6, 6.07) is 0. The highest BCUT2D eigenvalue weighted by molar-refractivity contribution is 6.00. The zero-order valence-corrected chi connectivity index (χ0v) is 7.87. The third-order valence-corrected chi connectivity index (χ3v) is 1.97. The Morgan fingerprint density at radius 2 is 2.08 bits per heavy atom. The van der Waals surface area contributed by atoms with Crippen molar-refractivity contribution in [2.45, 2.75) is 20.3 Å². The Balaban J connectivity index is 4.26. The lowest BCUT2D eigenvalue weighted by atomic mass is 9.86. The van der Waals surface area contributed by atoms with Crippen LogP contribution in [0.15, 0.2) is 0 Å². The topological polar surface area (TPSA) is 89.6 Å². The van der Waals surface area contributed by atoms with Crippen molar-refractivity contribution in [3.05, 3.63) is 0 Å². The smallest absolute Gasteiger partial charge is 0.318 e. The number of nitrogens with two attached hydrogens (primary N) is 1. The number of hydrogen-bond acceptors (Lipinski definition) is 3. The zero-order chi connectivity index (χ0) is 10.5. The first kappa shape index (κ1) is 11.9. The molecule has 0 rings (SSSR count). The molecular weight excluding hydrogens is 174 g/mol. The van der Waals surface area contributed by atoms with E-state index in [-0.39, 0.29) is 13.0 Å². The number of primary amides is 1. The minimum Gasteiger partial charge on any atom is -0.480 e. The van der Waals surface area contributed by atoms with Crippen LogP contribution >= 0.6 is 0 Å². The number of ether oxygens (including phenoxy) is 1. The molecule has 0 saturated carbocycles. The Hall–Kier alpha value is -1.10. The monoisotopic (exact) mass is 189 g/mol. The first-order chi connectivity index (χ1) is 5.95. The van der Waals surface area contributed by atoms with Crippen LogP contribution in [0.25, 0.3) is 0 Å². The van der Waals surface area contributed by atoms with E-state index in [1.165, 1.54) is 6.92 Å². The minimum atomic E-state index is -1.52. The fourth-order valence-corrected chi connectivity index (χ4v) is 0.756. The van der Waals surface area contributed by atoms with E-state index in [0.29, 0.717) is 6.61 Å². The van der Waals surface area contributed by atoms with E-state index in [1.54, 1.807) is 6.92 Å². The number of carboxylic acids is 1. The van der Waals surface area contributed by atoms with Gasteiger partial charge in [-0.15, -0.1) is 0 Å². The second kappa shape index (κ2) is 4.81. The van der Waals surface area contributed by atoms with E-state index in [4.69, 9.17) is 15.6 Å². The van der Waals surface area contributed by atoms with Gasteiger partial charge in [-0.3, -0.25) is 9.59 Å². The van der Waals surface area contributed by atoms with Crippen molar-refractivity contribution in [2.75, 3.05) is 13.2 Å². The number of carbonyl (C=O) groups is 2. The molecule has 0 aromatic carbocycles. The van der Waals surface area contributed by atoms with Crippen LogP contribution in [0.1, 0.15) is 20.3 Å². The molecule has 0 aliphatic heterocycles. The van der Waals surface area contributed by atoms with Crippen molar-refractivity contribution in [3.63, 3.8) is 0 Å². The van der Waals surface area contributed by atoms with Crippen LogP contribution in [0.4, 0.5) is 0 Å². The Kier molecular flexibility index (Phi) is 4.40. The van der Waals surface area contributed by atoms with Gasteiger partial charge < -0.3 is 15.6 Å². The summed E-state index contributed by atoms with van der Waals surface area (Å²) in [4.78, 5) is 21.5. The van der Waals surface area contributed by atoms with Gasteiger partial charge in [0, 0.05) is 13.2 Å². The van der Waals surface area contributed by atoms with Gasteiger partial charge in [0.1, 0.15) is 5.41 Å². The van der Waals surface area contributed by atoms with Crippen LogP contribution in [0, 0.1) is 5.41 Å². The van der Waals surface area contributed by atoms with Gasteiger partial charge in [-0.1, -0.05) is 0 Å². The summed E-state index contributed by atoms with van der Waals surface area (Å²) in [6.45, 7) is 3.82. The summed E-state index contributed by atoms with van der Waals surface area (Å²) in [6.07, 6.45) is 0.103. The Morgan fingerprint density at radius 1 is 1.54 bits per heavy atom. The number of amides is 1. The van der Waals surface area contributed by atoms with Crippen LogP contribution in [0.2, 0.25) is 0 Å². The van der Waals surface area contributed by atoms with Gasteiger partial charge in [0.15, 0.2) is 0 Å². The number of hydrogen-bond donors (Lipinski definition) is 2. The number of aliphatic carboxylic acids is 1. The van der Waals surface area contributed by atoms with E-state index in [2.05, 4.69) is 0 Å². The molecule has 76 valence electrons. The summed E-state index contributed by atoms with van der Waals surface area (Å²) in [5.41, 5.74) is 3.46. The highest BCUT2D eigenvalue weighted by Gasteiger charge is 2.39. The molecule has 0 fully saturated rings. The summed E-state index contributed by atoms with van der Waals surface area (Å²) < 4.78 is 4.96. The molecule has 1 atom stereocenters. The molecule has 1 amide bonds. The molecule has 0 heterocycles. The first-order valence-corrected chi connectivity index (χ1v) is 4.06. The molecule has 13 heavy (non-hydrogen) atoms. The number of rotatable bonds is 6. The summed E-state index contributed by atoms with van der Waals surface area (Å²) in [7, 11) is 0. The predicted molar refractivity (Wildman–Crippen MR) is 46.0 cm³/mol. The van der Waals surface area contributed by atoms with Gasteiger partial charge in [-0.05, 0) is 20.3 Å². The maximum absolute atomic E-state index is 10.8. The lowest BCUT2D eigenvalue weighted by Gasteiger charge is -2.20. The van der Waals surface area contributed by atoms with E-state index >= 15 is 0 Å². The average molecular weight is 189 g/mol. The largest absolute Gasteiger partial charge is 0.480 e. The standard InChI is InChI=1S/C8H15NO4/c1-3-13-5-4-8(2,6(9)10)7(11)12/h3-5H2,1-2H3,(H2,9,10)(H,11,12). The lowest BCUT2D eigenvalue weighted by molar-refractivity contribution is -0.154. The highest BCUT2D eigenvalue weighted by Crippen LogP contribution is 2.20. The second-order valence-corrected chi connectivity index (χ2v) is 2.95. The number of carboxylic acid groups (broad SMARTS) is 1. The predicted octanol–water partition coefficient (Wildman–Crippen LogP) is -0.0108. The Bertz CT molecular complexity index is 188. The molecule has 1 unspecified atom stereocenters. The molecule has 0 saturated heterocycles. The van der Waals surface area contributed by atoms with E-state index in [0.717, 1.165) is 0 Å². The third-order valence-electron chi connectivity index (χ3n) is 1.97. The molecular formula is C8H15NO4. The van der Waals surface area contributed by atoms with Gasteiger partial charge in [-0.2, -0.15) is 0 Å². The second-order valence-electron chi connectivity index (χ2n) is 2.95. The quantitative estimate of drug-likeness (QED) is 0.454. The zero-order valence-electron chi connectivity index (χ0n) is 7.87. The molecule has 5 heteroatoms. The van der Waals surface area contributed by atoms with Crippen LogP contribution in [-0.4, -0.2) is 30.2 Å². The van der Waals surface area contributed by atoms with Gasteiger partial charge in [-0.25, -0.2) is 0 Å². The molecule has 0 spiro atoms. The van der Waals surface area contributed by atoms with Crippen LogP contribution in [0.5, 0.6) is 0 Å². The van der Waals surface area contributed by atoms with E-state index in [9.17, 15) is 9.59 Å². The average Bonchev–Trinajstić information content (AvgIpc) is 2.03. The van der Waals surface area contributed by atoms with Crippen molar-refractivity contribution in [1.82, 2.24) is 0 Å². The Morgan fingerprint density at radius 3 is 2.38 bits per heavy atom. The molecule has 0 aromatic rings. The lowest BCUT2D eigenvalue weighted by Crippen LogP contribution is -2.42. The molecule has 0 aliphatic carbocycles. The van der Waals surface area contributed by atoms with Gasteiger partial charge in [0.05, 0.1) is 0 Å². The van der Waals surface area contributed by atoms with Gasteiger partial charge in [0.2, 0.25) is 5.91 Å². The van der Waals surface area contributed by atoms with Crippen molar-refractivity contribution < 1.29 is 19.4 Å². The maximum Gasteiger partial charge on any atom is 0.318 e. The SMILES string of the molecule is CCOCCC(C)(C(N)=O)C(=O)O. The summed E-state index contributed by atoms with van der Waals surface area (Å²) in [5, 5.41) is 8.75. The fourth-order valence-electron chi connectivity index (χ4n) is 0.756. The van der Waals surface area contributed by atoms with Crippen LogP contribution in [0.3, 0.4) is 0 Å². The maximum atomic E-state index is 10.8. The number of carbonyl (C=O) groups excluding carboxylic acids is 1. The fraction of sp³-hybridized carbons (Fsp3) is 0.750. The molecule has 0 bridgehead atoms. The van der Waals surface area contributed by atoms with Crippen molar-refractivity contribution >= 4 is 11.9 Å². The highest BCUT2D eigenvalue weighted by atomic mass is 16.5. The van der Waals surface area contributed by atoms with Crippen LogP contribution in [-0.2, 0) is 14.3 Å². The molecule has 0 radical (unpaired) electrons. The summed E-state index contributed by atoms with van der Waals surface area (Å²) in [5.74, 6) is -2.04. The van der Waals surface area contributed by atoms with Gasteiger partial charge >= 0.3 is 5.97 Å². The van der Waals surface area contributed by atoms with E-state index in [1.807, 2.05) is 0 Å². The molecule has 0 aliphatic rings. The first-order valence-electron chi connectivity index (χ1n) is 4.06. The summed E-state index contributed by atoms with van der Waals surface area (Å²) >= 11 is 0. The van der Waals surface area contributed by atoms with Crippen molar-refractivity contribution in [3.8, 4) is 0 Å². The van der Waals surface area contributed by atoms with Crippen molar-refractivity contribution in [1.29, 1.82) is 0 Å². The minimum absolute atomic E-state index is 0.103.